The van der Waals surface area contributed by atoms with Crippen molar-refractivity contribution in [3.63, 3.8) is 0 Å². The van der Waals surface area contributed by atoms with Gasteiger partial charge in [0.1, 0.15) is 5.78 Å². The summed E-state index contributed by atoms with van der Waals surface area (Å²) >= 11 is 0. The number of rotatable bonds is 4. The molecule has 0 amide bonds. The van der Waals surface area contributed by atoms with Crippen molar-refractivity contribution in [1.29, 1.82) is 0 Å². The molecule has 82 valence electrons. The number of hydrogen-bond donors (Lipinski definition) is 0. The first-order valence-electron chi connectivity index (χ1n) is 5.59. The maximum absolute atomic E-state index is 11.6. The average molecular weight is 204 g/mol. The zero-order valence-electron chi connectivity index (χ0n) is 10.0. The highest BCUT2D eigenvalue weighted by Crippen LogP contribution is 2.30. The van der Waals surface area contributed by atoms with Crippen molar-refractivity contribution in [3.8, 4) is 0 Å². The van der Waals surface area contributed by atoms with Crippen LogP contribution in [0.15, 0.2) is 30.3 Å². The third kappa shape index (κ3) is 2.92. The minimum atomic E-state index is 0.132. The molecular formula is C14H20O. The van der Waals surface area contributed by atoms with Crippen LogP contribution in [0.4, 0.5) is 0 Å². The van der Waals surface area contributed by atoms with Crippen LogP contribution in [0.25, 0.3) is 0 Å². The van der Waals surface area contributed by atoms with Gasteiger partial charge >= 0.3 is 0 Å². The molecule has 0 bridgehead atoms. The van der Waals surface area contributed by atoms with Crippen molar-refractivity contribution >= 4 is 5.78 Å². The molecule has 0 heterocycles. The molecule has 0 aliphatic rings. The maximum Gasteiger partial charge on any atom is 0.133 e. The molecule has 2 atom stereocenters. The monoisotopic (exact) mass is 204 g/mol. The lowest BCUT2D eigenvalue weighted by molar-refractivity contribution is -0.122. The van der Waals surface area contributed by atoms with E-state index in [1.165, 1.54) is 5.56 Å². The van der Waals surface area contributed by atoms with E-state index in [0.717, 1.165) is 0 Å². The minimum absolute atomic E-state index is 0.132. The Labute approximate surface area is 92.5 Å². The highest BCUT2D eigenvalue weighted by molar-refractivity contribution is 5.79. The SMILES string of the molecule is CC(=O)[C@H](C(C)C)[C@@H](C)c1ccccc1. The maximum atomic E-state index is 11.6. The fourth-order valence-electron chi connectivity index (χ4n) is 2.36. The van der Waals surface area contributed by atoms with Crippen molar-refractivity contribution in [3.05, 3.63) is 35.9 Å². The summed E-state index contributed by atoms with van der Waals surface area (Å²) in [4.78, 5) is 11.6. The summed E-state index contributed by atoms with van der Waals surface area (Å²) in [6.45, 7) is 8.07. The van der Waals surface area contributed by atoms with Crippen LogP contribution < -0.4 is 0 Å². The molecule has 0 unspecified atom stereocenters. The molecule has 1 aromatic carbocycles. The van der Waals surface area contributed by atoms with Crippen LogP contribution in [0, 0.1) is 11.8 Å². The van der Waals surface area contributed by atoms with Crippen molar-refractivity contribution < 1.29 is 4.79 Å². The Kier molecular flexibility index (Phi) is 4.07. The van der Waals surface area contributed by atoms with Gasteiger partial charge in [-0.25, -0.2) is 0 Å². The second-order valence-corrected chi connectivity index (χ2v) is 4.58. The van der Waals surface area contributed by atoms with E-state index in [2.05, 4.69) is 32.9 Å². The Morgan fingerprint density at radius 2 is 1.60 bits per heavy atom. The molecule has 0 spiro atoms. The zero-order chi connectivity index (χ0) is 11.4. The summed E-state index contributed by atoms with van der Waals surface area (Å²) in [6, 6.07) is 10.3. The van der Waals surface area contributed by atoms with E-state index in [-0.39, 0.29) is 5.92 Å². The van der Waals surface area contributed by atoms with Gasteiger partial charge in [0.05, 0.1) is 0 Å². The summed E-state index contributed by atoms with van der Waals surface area (Å²) in [5, 5.41) is 0. The normalized spacial score (nSPS) is 15.0. The molecule has 0 fully saturated rings. The van der Waals surface area contributed by atoms with Crippen LogP contribution >= 0.6 is 0 Å². The van der Waals surface area contributed by atoms with Crippen LogP contribution in [0.2, 0.25) is 0 Å². The van der Waals surface area contributed by atoms with Crippen molar-refractivity contribution in [2.24, 2.45) is 11.8 Å². The van der Waals surface area contributed by atoms with E-state index in [1.54, 1.807) is 6.92 Å². The predicted molar refractivity (Wildman–Crippen MR) is 63.9 cm³/mol. The third-order valence-corrected chi connectivity index (χ3v) is 3.05. The molecule has 0 aliphatic carbocycles. The first-order valence-corrected chi connectivity index (χ1v) is 5.59. The molecule has 0 aliphatic heterocycles. The van der Waals surface area contributed by atoms with Crippen LogP contribution in [0.1, 0.15) is 39.2 Å². The lowest BCUT2D eigenvalue weighted by Gasteiger charge is -2.25. The lowest BCUT2D eigenvalue weighted by Crippen LogP contribution is -2.23. The number of hydrogen-bond acceptors (Lipinski definition) is 1. The number of carbonyl (C=O) groups excluding carboxylic acids is 1. The van der Waals surface area contributed by atoms with Crippen LogP contribution in [0.3, 0.4) is 0 Å². The first-order chi connectivity index (χ1) is 7.04. The molecule has 0 aromatic heterocycles. The molecule has 0 saturated heterocycles. The minimum Gasteiger partial charge on any atom is -0.300 e. The summed E-state index contributed by atoms with van der Waals surface area (Å²) in [7, 11) is 0. The van der Waals surface area contributed by atoms with Gasteiger partial charge in [0.2, 0.25) is 0 Å². The summed E-state index contributed by atoms with van der Waals surface area (Å²) in [6.07, 6.45) is 0. The molecule has 1 heteroatoms. The van der Waals surface area contributed by atoms with E-state index < -0.39 is 0 Å². The molecule has 0 saturated carbocycles. The van der Waals surface area contributed by atoms with Crippen LogP contribution in [0.5, 0.6) is 0 Å². The number of carbonyl (C=O) groups is 1. The van der Waals surface area contributed by atoms with E-state index in [4.69, 9.17) is 0 Å². The second-order valence-electron chi connectivity index (χ2n) is 4.58. The zero-order valence-corrected chi connectivity index (χ0v) is 10.0. The Morgan fingerprint density at radius 1 is 1.07 bits per heavy atom. The van der Waals surface area contributed by atoms with Gasteiger partial charge in [-0.2, -0.15) is 0 Å². The van der Waals surface area contributed by atoms with Gasteiger partial charge in [-0.15, -0.1) is 0 Å². The standard InChI is InChI=1S/C14H20O/c1-10(2)14(12(4)15)11(3)13-8-6-5-7-9-13/h5-11,14H,1-4H3/t11-,14+/m0/s1. The molecular weight excluding hydrogens is 184 g/mol. The molecule has 15 heavy (non-hydrogen) atoms. The molecule has 0 N–H and O–H groups in total. The fraction of sp³-hybridized carbons (Fsp3) is 0.500. The van der Waals surface area contributed by atoms with Crippen LogP contribution in [-0.2, 0) is 4.79 Å². The van der Waals surface area contributed by atoms with Gasteiger partial charge in [0.25, 0.3) is 0 Å². The second kappa shape index (κ2) is 5.11. The Morgan fingerprint density at radius 3 is 2.00 bits per heavy atom. The molecule has 0 radical (unpaired) electrons. The Bertz CT molecular complexity index is 313. The Balaban J connectivity index is 2.91. The fourth-order valence-corrected chi connectivity index (χ4v) is 2.36. The smallest absolute Gasteiger partial charge is 0.133 e. The van der Waals surface area contributed by atoms with Gasteiger partial charge in [0.15, 0.2) is 0 Å². The third-order valence-electron chi connectivity index (χ3n) is 3.05. The quantitative estimate of drug-likeness (QED) is 0.731. The Hall–Kier alpha value is -1.11. The highest BCUT2D eigenvalue weighted by Gasteiger charge is 2.25. The molecule has 1 rings (SSSR count). The number of Topliss-reactive ketones (excluding diaryl/α,β-unsaturated/α-hetero) is 1. The topological polar surface area (TPSA) is 17.1 Å². The van der Waals surface area contributed by atoms with Crippen LogP contribution in [-0.4, -0.2) is 5.78 Å². The summed E-state index contributed by atoms with van der Waals surface area (Å²) in [5.41, 5.74) is 1.26. The van der Waals surface area contributed by atoms with Crippen molar-refractivity contribution in [1.82, 2.24) is 0 Å². The predicted octanol–water partition coefficient (Wildman–Crippen LogP) is 3.65. The summed E-state index contributed by atoms with van der Waals surface area (Å²) in [5.74, 6) is 1.13. The van der Waals surface area contributed by atoms with Gasteiger partial charge in [-0.3, -0.25) is 4.79 Å². The highest BCUT2D eigenvalue weighted by atomic mass is 16.1. The van der Waals surface area contributed by atoms with E-state index in [0.29, 0.717) is 17.6 Å². The molecule has 1 nitrogen and oxygen atoms in total. The van der Waals surface area contributed by atoms with Gasteiger partial charge in [0, 0.05) is 5.92 Å². The van der Waals surface area contributed by atoms with E-state index >= 15 is 0 Å². The lowest BCUT2D eigenvalue weighted by atomic mass is 9.78. The van der Waals surface area contributed by atoms with Gasteiger partial charge < -0.3 is 0 Å². The van der Waals surface area contributed by atoms with Crippen molar-refractivity contribution in [2.45, 2.75) is 33.6 Å². The van der Waals surface area contributed by atoms with Gasteiger partial charge in [-0.1, -0.05) is 51.1 Å². The van der Waals surface area contributed by atoms with E-state index in [9.17, 15) is 4.79 Å². The molecule has 1 aromatic rings. The number of ketones is 1. The average Bonchev–Trinajstić information content (AvgIpc) is 2.18. The summed E-state index contributed by atoms with van der Waals surface area (Å²) < 4.78 is 0. The largest absolute Gasteiger partial charge is 0.300 e. The van der Waals surface area contributed by atoms with E-state index in [1.807, 2.05) is 18.2 Å². The first kappa shape index (κ1) is 12.0. The van der Waals surface area contributed by atoms with Gasteiger partial charge in [-0.05, 0) is 24.3 Å². The van der Waals surface area contributed by atoms with Crippen molar-refractivity contribution in [2.75, 3.05) is 0 Å². The number of benzene rings is 1.